The smallest absolute Gasteiger partial charge is 0.250 e. The first-order valence-corrected chi connectivity index (χ1v) is 6.71. The zero-order valence-corrected chi connectivity index (χ0v) is 10.7. The average molecular weight is 234 g/mol. The molecule has 94 valence electrons. The number of hydrogen-bond acceptors (Lipinski definition) is 2. The van der Waals surface area contributed by atoms with E-state index in [0.717, 1.165) is 13.1 Å². The van der Waals surface area contributed by atoms with E-state index in [0.29, 0.717) is 0 Å². The first kappa shape index (κ1) is 12.4. The molecule has 0 bridgehead atoms. The molecule has 0 amide bonds. The van der Waals surface area contributed by atoms with Crippen molar-refractivity contribution in [3.05, 3.63) is 34.2 Å². The van der Waals surface area contributed by atoms with E-state index >= 15 is 0 Å². The van der Waals surface area contributed by atoms with Crippen molar-refractivity contribution in [2.45, 2.75) is 45.7 Å². The van der Waals surface area contributed by atoms with E-state index in [4.69, 9.17) is 0 Å². The van der Waals surface area contributed by atoms with Crippen LogP contribution in [0.2, 0.25) is 0 Å². The number of rotatable bonds is 3. The lowest BCUT2D eigenvalue weighted by Crippen LogP contribution is -2.25. The molecule has 1 aromatic rings. The van der Waals surface area contributed by atoms with Crippen LogP contribution in [0.15, 0.2) is 23.1 Å². The minimum atomic E-state index is 0.104. The maximum Gasteiger partial charge on any atom is 0.250 e. The van der Waals surface area contributed by atoms with Gasteiger partial charge in [0.25, 0.3) is 5.56 Å². The minimum Gasteiger partial charge on any atom is -0.315 e. The highest BCUT2D eigenvalue weighted by molar-refractivity contribution is 5.10. The van der Waals surface area contributed by atoms with Crippen LogP contribution in [0.4, 0.5) is 0 Å². The molecule has 1 aliphatic rings. The summed E-state index contributed by atoms with van der Waals surface area (Å²) in [6.07, 6.45) is 7.37. The molecule has 1 aromatic heterocycles. The van der Waals surface area contributed by atoms with Crippen molar-refractivity contribution >= 4 is 0 Å². The molecule has 1 fully saturated rings. The zero-order valence-electron chi connectivity index (χ0n) is 10.7. The molecule has 2 heterocycles. The van der Waals surface area contributed by atoms with Crippen LogP contribution in [0.5, 0.6) is 0 Å². The van der Waals surface area contributed by atoms with E-state index in [1.165, 1.54) is 44.3 Å². The molecule has 1 aliphatic heterocycles. The van der Waals surface area contributed by atoms with Crippen LogP contribution in [0.25, 0.3) is 0 Å². The van der Waals surface area contributed by atoms with E-state index < -0.39 is 0 Å². The van der Waals surface area contributed by atoms with E-state index in [1.807, 2.05) is 19.2 Å². The quantitative estimate of drug-likeness (QED) is 0.801. The molecule has 0 radical (unpaired) electrons. The predicted octanol–water partition coefficient (Wildman–Crippen LogP) is 2.24. The third-order valence-electron chi connectivity index (χ3n) is 3.49. The Hall–Kier alpha value is -1.09. The summed E-state index contributed by atoms with van der Waals surface area (Å²) in [5.74, 6) is 0. The molecule has 1 saturated heterocycles. The third kappa shape index (κ3) is 3.43. The fraction of sp³-hybridized carbons (Fsp3) is 0.643. The second-order valence-corrected chi connectivity index (χ2v) is 4.85. The van der Waals surface area contributed by atoms with Gasteiger partial charge >= 0.3 is 0 Å². The number of hydrogen-bond donors (Lipinski definition) is 0. The van der Waals surface area contributed by atoms with Gasteiger partial charge in [0.2, 0.25) is 0 Å². The molecule has 3 nitrogen and oxygen atoms in total. The summed E-state index contributed by atoms with van der Waals surface area (Å²) in [5.41, 5.74) is 1.36. The van der Waals surface area contributed by atoms with Crippen molar-refractivity contribution in [3.8, 4) is 0 Å². The summed E-state index contributed by atoms with van der Waals surface area (Å²) in [6, 6.07) is 3.66. The number of pyridine rings is 1. The van der Waals surface area contributed by atoms with Gasteiger partial charge in [0.15, 0.2) is 0 Å². The largest absolute Gasteiger partial charge is 0.315 e. The highest BCUT2D eigenvalue weighted by Gasteiger charge is 2.09. The lowest BCUT2D eigenvalue weighted by molar-refractivity contribution is 0.276. The van der Waals surface area contributed by atoms with Crippen LogP contribution in [0.3, 0.4) is 0 Å². The summed E-state index contributed by atoms with van der Waals surface area (Å²) in [6.45, 7) is 6.15. The van der Waals surface area contributed by atoms with Gasteiger partial charge in [-0.2, -0.15) is 0 Å². The van der Waals surface area contributed by atoms with Crippen molar-refractivity contribution in [2.24, 2.45) is 0 Å². The Balaban J connectivity index is 2.04. The van der Waals surface area contributed by atoms with Crippen molar-refractivity contribution in [1.82, 2.24) is 9.47 Å². The Morgan fingerprint density at radius 3 is 2.47 bits per heavy atom. The standard InChI is InChI=1S/C14H22N2O/c1-2-16-12-13(7-8-14(16)17)11-15-9-5-3-4-6-10-15/h7-8,12H,2-6,9-11H2,1H3. The monoisotopic (exact) mass is 234 g/mol. The Bertz CT molecular complexity index is 403. The molecule has 0 unspecified atom stereocenters. The van der Waals surface area contributed by atoms with Crippen molar-refractivity contribution in [2.75, 3.05) is 13.1 Å². The molecule has 0 saturated carbocycles. The van der Waals surface area contributed by atoms with E-state index in [-0.39, 0.29) is 5.56 Å². The highest BCUT2D eigenvalue weighted by atomic mass is 16.1. The normalized spacial score (nSPS) is 17.9. The van der Waals surface area contributed by atoms with E-state index in [1.54, 1.807) is 10.6 Å². The van der Waals surface area contributed by atoms with Gasteiger partial charge in [-0.1, -0.05) is 18.9 Å². The summed E-state index contributed by atoms with van der Waals surface area (Å²) < 4.78 is 1.78. The molecule has 3 heteroatoms. The maximum atomic E-state index is 11.5. The Morgan fingerprint density at radius 2 is 1.82 bits per heavy atom. The number of aryl methyl sites for hydroxylation is 1. The van der Waals surface area contributed by atoms with Gasteiger partial charge in [0.05, 0.1) is 0 Å². The SMILES string of the molecule is CCn1cc(CN2CCCCCC2)ccc1=O. The van der Waals surface area contributed by atoms with Crippen molar-refractivity contribution in [1.29, 1.82) is 0 Å². The molecule has 0 aromatic carbocycles. The van der Waals surface area contributed by atoms with Crippen LogP contribution in [0.1, 0.15) is 38.2 Å². The second kappa shape index (κ2) is 6.01. The van der Waals surface area contributed by atoms with Crippen LogP contribution >= 0.6 is 0 Å². The van der Waals surface area contributed by atoms with E-state index in [2.05, 4.69) is 4.90 Å². The summed E-state index contributed by atoms with van der Waals surface area (Å²) in [4.78, 5) is 14.0. The van der Waals surface area contributed by atoms with Gasteiger partial charge in [0, 0.05) is 25.4 Å². The zero-order chi connectivity index (χ0) is 12.1. The van der Waals surface area contributed by atoms with Crippen LogP contribution < -0.4 is 5.56 Å². The van der Waals surface area contributed by atoms with Crippen LogP contribution in [-0.4, -0.2) is 22.6 Å². The van der Waals surface area contributed by atoms with Gasteiger partial charge < -0.3 is 4.57 Å². The molecule has 0 aliphatic carbocycles. The summed E-state index contributed by atoms with van der Waals surface area (Å²) in [7, 11) is 0. The fourth-order valence-electron chi connectivity index (χ4n) is 2.47. The van der Waals surface area contributed by atoms with Gasteiger partial charge in [-0.3, -0.25) is 9.69 Å². The van der Waals surface area contributed by atoms with Gasteiger partial charge in [-0.15, -0.1) is 0 Å². The Labute approximate surface area is 103 Å². The topological polar surface area (TPSA) is 25.2 Å². The second-order valence-electron chi connectivity index (χ2n) is 4.85. The van der Waals surface area contributed by atoms with E-state index in [9.17, 15) is 4.79 Å². The van der Waals surface area contributed by atoms with Gasteiger partial charge in [0.1, 0.15) is 0 Å². The van der Waals surface area contributed by atoms with Crippen molar-refractivity contribution in [3.63, 3.8) is 0 Å². The summed E-state index contributed by atoms with van der Waals surface area (Å²) >= 11 is 0. The lowest BCUT2D eigenvalue weighted by atomic mass is 10.2. The lowest BCUT2D eigenvalue weighted by Gasteiger charge is -2.20. The predicted molar refractivity (Wildman–Crippen MR) is 70.1 cm³/mol. The highest BCUT2D eigenvalue weighted by Crippen LogP contribution is 2.12. The number of nitrogens with zero attached hydrogens (tertiary/aromatic N) is 2. The molecule has 0 N–H and O–H groups in total. The van der Waals surface area contributed by atoms with Crippen LogP contribution in [0, 0.1) is 0 Å². The summed E-state index contributed by atoms with van der Waals surface area (Å²) in [5, 5.41) is 0. The molecular weight excluding hydrogens is 212 g/mol. The molecule has 2 rings (SSSR count). The van der Waals surface area contributed by atoms with Gasteiger partial charge in [-0.05, 0) is 38.4 Å². The average Bonchev–Trinajstić information content (AvgIpc) is 2.60. The van der Waals surface area contributed by atoms with Crippen molar-refractivity contribution < 1.29 is 0 Å². The Morgan fingerprint density at radius 1 is 1.12 bits per heavy atom. The molecule has 17 heavy (non-hydrogen) atoms. The maximum absolute atomic E-state index is 11.5. The molecule has 0 atom stereocenters. The number of likely N-dealkylation sites (tertiary alicyclic amines) is 1. The first-order chi connectivity index (χ1) is 8.29. The minimum absolute atomic E-state index is 0.104. The van der Waals surface area contributed by atoms with Crippen LogP contribution in [-0.2, 0) is 13.1 Å². The molecular formula is C14H22N2O. The Kier molecular flexibility index (Phi) is 4.37. The number of aromatic nitrogens is 1. The van der Waals surface area contributed by atoms with Gasteiger partial charge in [-0.25, -0.2) is 0 Å². The first-order valence-electron chi connectivity index (χ1n) is 6.71. The fourth-order valence-corrected chi connectivity index (χ4v) is 2.47. The molecule has 0 spiro atoms. The third-order valence-corrected chi connectivity index (χ3v) is 3.49.